The first-order valence-corrected chi connectivity index (χ1v) is 7.15. The van der Waals surface area contributed by atoms with Crippen LogP contribution in [0.15, 0.2) is 24.3 Å². The van der Waals surface area contributed by atoms with Crippen molar-refractivity contribution in [3.8, 4) is 5.75 Å². The molecule has 0 aromatic heterocycles. The summed E-state index contributed by atoms with van der Waals surface area (Å²) in [7, 11) is 0. The molecule has 1 aliphatic carbocycles. The molecule has 1 aromatic carbocycles. The zero-order chi connectivity index (χ0) is 13.0. The highest BCUT2D eigenvalue weighted by atomic mass is 16.5. The average Bonchev–Trinajstić information content (AvgIpc) is 2.39. The van der Waals surface area contributed by atoms with E-state index < -0.39 is 6.10 Å². The predicted molar refractivity (Wildman–Crippen MR) is 73.7 cm³/mol. The molecular weight excluding hydrogens is 224 g/mol. The number of hydrogen-bond acceptors (Lipinski definition) is 2. The minimum Gasteiger partial charge on any atom is -0.490 e. The van der Waals surface area contributed by atoms with Crippen LogP contribution in [0.4, 0.5) is 0 Å². The summed E-state index contributed by atoms with van der Waals surface area (Å²) in [5, 5.41) is 9.60. The van der Waals surface area contributed by atoms with Crippen LogP contribution >= 0.6 is 0 Å². The Morgan fingerprint density at radius 3 is 2.83 bits per heavy atom. The van der Waals surface area contributed by atoms with Gasteiger partial charge in [-0.2, -0.15) is 0 Å². The van der Waals surface area contributed by atoms with Gasteiger partial charge in [0.1, 0.15) is 11.9 Å². The Kier molecular flexibility index (Phi) is 4.65. The average molecular weight is 248 g/mol. The number of benzene rings is 1. The van der Waals surface area contributed by atoms with Crippen molar-refractivity contribution in [1.82, 2.24) is 0 Å². The first-order valence-electron chi connectivity index (χ1n) is 7.15. The van der Waals surface area contributed by atoms with Crippen LogP contribution in [0.1, 0.15) is 57.6 Å². The van der Waals surface area contributed by atoms with E-state index in [0.717, 1.165) is 17.7 Å². The summed E-state index contributed by atoms with van der Waals surface area (Å²) in [6.45, 7) is 4.03. The first-order chi connectivity index (χ1) is 8.70. The molecule has 18 heavy (non-hydrogen) atoms. The molecule has 2 heteroatoms. The Balaban J connectivity index is 2.05. The molecule has 0 heterocycles. The molecule has 0 radical (unpaired) electrons. The van der Waals surface area contributed by atoms with E-state index in [1.165, 1.54) is 25.7 Å². The Morgan fingerprint density at radius 1 is 1.33 bits per heavy atom. The minimum atomic E-state index is -0.429. The van der Waals surface area contributed by atoms with Gasteiger partial charge >= 0.3 is 0 Å². The normalized spacial score (nSPS) is 25.7. The second kappa shape index (κ2) is 6.24. The van der Waals surface area contributed by atoms with E-state index in [4.69, 9.17) is 4.74 Å². The van der Waals surface area contributed by atoms with E-state index in [1.807, 2.05) is 24.3 Å². The lowest BCUT2D eigenvalue weighted by atomic mass is 9.85. The van der Waals surface area contributed by atoms with Gasteiger partial charge in [0.25, 0.3) is 0 Å². The van der Waals surface area contributed by atoms with Gasteiger partial charge in [-0.05, 0) is 56.2 Å². The van der Waals surface area contributed by atoms with E-state index in [1.54, 1.807) is 6.92 Å². The van der Waals surface area contributed by atoms with Gasteiger partial charge in [0, 0.05) is 0 Å². The van der Waals surface area contributed by atoms with E-state index in [9.17, 15) is 5.11 Å². The monoisotopic (exact) mass is 248 g/mol. The van der Waals surface area contributed by atoms with Crippen LogP contribution in [-0.4, -0.2) is 11.2 Å². The molecule has 0 amide bonds. The standard InChI is InChI=1S/C16H24O2/c1-3-13-7-4-5-10-16(13)18-15-9-6-8-14(11-15)12(2)17/h6,8-9,11-13,16-17H,3-5,7,10H2,1-2H3/t12-,13?,16?/m1/s1. The number of hydrogen-bond donors (Lipinski definition) is 1. The number of aliphatic hydroxyl groups is 1. The maximum atomic E-state index is 9.60. The zero-order valence-electron chi connectivity index (χ0n) is 11.4. The van der Waals surface area contributed by atoms with Crippen molar-refractivity contribution in [3.63, 3.8) is 0 Å². The van der Waals surface area contributed by atoms with Crippen LogP contribution in [0.2, 0.25) is 0 Å². The summed E-state index contributed by atoms with van der Waals surface area (Å²) in [6.07, 6.45) is 6.19. The quantitative estimate of drug-likeness (QED) is 0.869. The third kappa shape index (κ3) is 3.26. The fourth-order valence-corrected chi connectivity index (χ4v) is 2.82. The van der Waals surface area contributed by atoms with Crippen molar-refractivity contribution in [2.75, 3.05) is 0 Å². The molecule has 0 aliphatic heterocycles. The lowest BCUT2D eigenvalue weighted by Gasteiger charge is -2.31. The highest BCUT2D eigenvalue weighted by Crippen LogP contribution is 2.31. The third-order valence-corrected chi connectivity index (χ3v) is 3.99. The van der Waals surface area contributed by atoms with E-state index in [2.05, 4.69) is 6.92 Å². The molecule has 1 aliphatic rings. The Morgan fingerprint density at radius 2 is 2.11 bits per heavy atom. The maximum Gasteiger partial charge on any atom is 0.120 e. The van der Waals surface area contributed by atoms with E-state index >= 15 is 0 Å². The van der Waals surface area contributed by atoms with Crippen molar-refractivity contribution in [2.24, 2.45) is 5.92 Å². The molecule has 100 valence electrons. The van der Waals surface area contributed by atoms with Gasteiger partial charge in [0.05, 0.1) is 6.10 Å². The van der Waals surface area contributed by atoms with Gasteiger partial charge in [0.2, 0.25) is 0 Å². The van der Waals surface area contributed by atoms with Crippen molar-refractivity contribution >= 4 is 0 Å². The maximum absolute atomic E-state index is 9.60. The smallest absolute Gasteiger partial charge is 0.120 e. The predicted octanol–water partition coefficient (Wildman–Crippen LogP) is 4.09. The van der Waals surface area contributed by atoms with Gasteiger partial charge in [-0.3, -0.25) is 0 Å². The van der Waals surface area contributed by atoms with Crippen molar-refractivity contribution in [1.29, 1.82) is 0 Å². The number of aliphatic hydroxyl groups excluding tert-OH is 1. The molecule has 2 unspecified atom stereocenters. The van der Waals surface area contributed by atoms with Gasteiger partial charge < -0.3 is 9.84 Å². The van der Waals surface area contributed by atoms with Gasteiger partial charge in [-0.15, -0.1) is 0 Å². The highest BCUT2D eigenvalue weighted by Gasteiger charge is 2.25. The van der Waals surface area contributed by atoms with Crippen molar-refractivity contribution in [3.05, 3.63) is 29.8 Å². The SMILES string of the molecule is CCC1CCCCC1Oc1cccc([C@@H](C)O)c1. The molecule has 0 spiro atoms. The van der Waals surface area contributed by atoms with Crippen molar-refractivity contribution in [2.45, 2.75) is 58.2 Å². The Hall–Kier alpha value is -1.02. The minimum absolute atomic E-state index is 0.355. The second-order valence-electron chi connectivity index (χ2n) is 5.36. The number of rotatable bonds is 4. The second-order valence-corrected chi connectivity index (χ2v) is 5.36. The molecule has 1 saturated carbocycles. The fourth-order valence-electron chi connectivity index (χ4n) is 2.82. The summed E-state index contributed by atoms with van der Waals surface area (Å²) < 4.78 is 6.14. The largest absolute Gasteiger partial charge is 0.490 e. The van der Waals surface area contributed by atoms with Crippen LogP contribution in [0, 0.1) is 5.92 Å². The molecule has 0 bridgehead atoms. The summed E-state index contributed by atoms with van der Waals surface area (Å²) in [4.78, 5) is 0. The van der Waals surface area contributed by atoms with Crippen LogP contribution in [0.5, 0.6) is 5.75 Å². The van der Waals surface area contributed by atoms with Gasteiger partial charge in [-0.25, -0.2) is 0 Å². The van der Waals surface area contributed by atoms with Crippen LogP contribution < -0.4 is 4.74 Å². The first kappa shape index (κ1) is 13.4. The molecule has 3 atom stereocenters. The summed E-state index contributed by atoms with van der Waals surface area (Å²) in [5.41, 5.74) is 0.927. The third-order valence-electron chi connectivity index (χ3n) is 3.99. The van der Waals surface area contributed by atoms with Crippen LogP contribution in [0.3, 0.4) is 0 Å². The fraction of sp³-hybridized carbons (Fsp3) is 0.625. The summed E-state index contributed by atoms with van der Waals surface area (Å²) in [5.74, 6) is 1.59. The van der Waals surface area contributed by atoms with Crippen LogP contribution in [0.25, 0.3) is 0 Å². The topological polar surface area (TPSA) is 29.5 Å². The Labute approximate surface area is 110 Å². The van der Waals surface area contributed by atoms with Gasteiger partial charge in [-0.1, -0.05) is 25.5 Å². The lowest BCUT2D eigenvalue weighted by molar-refractivity contribution is 0.0899. The molecule has 1 aromatic rings. The summed E-state index contributed by atoms with van der Waals surface area (Å²) in [6, 6.07) is 7.86. The molecular formula is C16H24O2. The van der Waals surface area contributed by atoms with E-state index in [-0.39, 0.29) is 0 Å². The molecule has 2 nitrogen and oxygen atoms in total. The van der Waals surface area contributed by atoms with Crippen LogP contribution in [-0.2, 0) is 0 Å². The number of ether oxygens (including phenoxy) is 1. The highest BCUT2D eigenvalue weighted by molar-refractivity contribution is 5.29. The lowest BCUT2D eigenvalue weighted by Crippen LogP contribution is -2.29. The van der Waals surface area contributed by atoms with E-state index in [0.29, 0.717) is 12.0 Å². The van der Waals surface area contributed by atoms with Crippen molar-refractivity contribution < 1.29 is 9.84 Å². The zero-order valence-corrected chi connectivity index (χ0v) is 11.4. The van der Waals surface area contributed by atoms with Gasteiger partial charge in [0.15, 0.2) is 0 Å². The Bertz CT molecular complexity index is 373. The molecule has 1 fully saturated rings. The summed E-state index contributed by atoms with van der Waals surface area (Å²) >= 11 is 0. The molecule has 2 rings (SSSR count). The molecule has 0 saturated heterocycles. The molecule has 1 N–H and O–H groups in total.